The van der Waals surface area contributed by atoms with Gasteiger partial charge in [0.05, 0.1) is 0 Å². The number of allylic oxidation sites excluding steroid dienone is 2. The summed E-state index contributed by atoms with van der Waals surface area (Å²) in [6.45, 7) is 0. The van der Waals surface area contributed by atoms with E-state index in [1.807, 2.05) is 0 Å². The van der Waals surface area contributed by atoms with Crippen LogP contribution in [0.25, 0.3) is 0 Å². The summed E-state index contributed by atoms with van der Waals surface area (Å²) < 4.78 is 31.6. The Bertz CT molecular complexity index is 277. The maximum absolute atomic E-state index is 10.4. The van der Waals surface area contributed by atoms with Crippen molar-refractivity contribution in [1.29, 1.82) is 0 Å². The van der Waals surface area contributed by atoms with E-state index in [1.165, 1.54) is 12.2 Å². The first kappa shape index (κ1) is 7.64. The third-order valence-corrected chi connectivity index (χ3v) is 2.39. The van der Waals surface area contributed by atoms with Crippen molar-refractivity contribution in [1.82, 2.24) is 4.72 Å². The highest BCUT2D eigenvalue weighted by atomic mass is 32.2. The van der Waals surface area contributed by atoms with Gasteiger partial charge in [0.15, 0.2) is 5.03 Å². The van der Waals surface area contributed by atoms with Gasteiger partial charge in [0, 0.05) is 0 Å². The van der Waals surface area contributed by atoms with Crippen LogP contribution in [0.5, 0.6) is 0 Å². The molecular formula is C4H5NO3S2. The Hall–Kier alpha value is -0.460. The Morgan fingerprint density at radius 1 is 1.60 bits per heavy atom. The SMILES string of the molecule is O=S(=O)(O)C1=CC=CSN1. The third kappa shape index (κ3) is 1.76. The van der Waals surface area contributed by atoms with Crippen molar-refractivity contribution in [3.8, 4) is 0 Å². The van der Waals surface area contributed by atoms with E-state index in [0.29, 0.717) is 0 Å². The summed E-state index contributed by atoms with van der Waals surface area (Å²) in [6.07, 6.45) is 2.82. The van der Waals surface area contributed by atoms with Crippen LogP contribution in [0.4, 0.5) is 0 Å². The topological polar surface area (TPSA) is 66.4 Å². The van der Waals surface area contributed by atoms with Crippen LogP contribution in [0.2, 0.25) is 0 Å². The van der Waals surface area contributed by atoms with Crippen LogP contribution in [-0.4, -0.2) is 13.0 Å². The van der Waals surface area contributed by atoms with Crippen molar-refractivity contribution in [3.63, 3.8) is 0 Å². The van der Waals surface area contributed by atoms with E-state index in [9.17, 15) is 8.42 Å². The summed E-state index contributed by atoms with van der Waals surface area (Å²) in [5, 5.41) is 1.48. The Labute approximate surface area is 62.9 Å². The molecule has 0 aromatic heterocycles. The van der Waals surface area contributed by atoms with E-state index < -0.39 is 10.1 Å². The molecule has 6 heteroatoms. The fourth-order valence-corrected chi connectivity index (χ4v) is 1.66. The smallest absolute Gasteiger partial charge is 0.310 e. The summed E-state index contributed by atoms with van der Waals surface area (Å²) in [4.78, 5) is 0. The van der Waals surface area contributed by atoms with Gasteiger partial charge in [0.25, 0.3) is 0 Å². The maximum Gasteiger partial charge on any atom is 0.310 e. The van der Waals surface area contributed by atoms with E-state index >= 15 is 0 Å². The lowest BCUT2D eigenvalue weighted by atomic mass is 10.6. The normalized spacial score (nSPS) is 17.9. The van der Waals surface area contributed by atoms with Gasteiger partial charge in [0.2, 0.25) is 0 Å². The van der Waals surface area contributed by atoms with E-state index in [2.05, 4.69) is 4.72 Å². The minimum atomic E-state index is -4.05. The van der Waals surface area contributed by atoms with E-state index in [0.717, 1.165) is 11.9 Å². The summed E-state index contributed by atoms with van der Waals surface area (Å²) in [7, 11) is -4.05. The lowest BCUT2D eigenvalue weighted by molar-refractivity contribution is 0.489. The minimum absolute atomic E-state index is 0.181. The Morgan fingerprint density at radius 3 is 2.60 bits per heavy atom. The molecule has 0 bridgehead atoms. The van der Waals surface area contributed by atoms with Crippen LogP contribution in [-0.2, 0) is 10.1 Å². The average Bonchev–Trinajstić information content (AvgIpc) is 1.88. The molecule has 4 nitrogen and oxygen atoms in total. The number of hydrogen-bond donors (Lipinski definition) is 2. The molecule has 56 valence electrons. The van der Waals surface area contributed by atoms with Gasteiger partial charge in [0.1, 0.15) is 0 Å². The molecule has 1 heterocycles. The van der Waals surface area contributed by atoms with Gasteiger partial charge in [-0.05, 0) is 23.4 Å². The van der Waals surface area contributed by atoms with Crippen molar-refractivity contribution in [2.45, 2.75) is 0 Å². The fraction of sp³-hybridized carbons (Fsp3) is 0. The van der Waals surface area contributed by atoms with Crippen LogP contribution in [0.1, 0.15) is 0 Å². The summed E-state index contributed by atoms with van der Waals surface area (Å²) >= 11 is 1.09. The molecule has 0 unspecified atom stereocenters. The van der Waals surface area contributed by atoms with Crippen LogP contribution in [0.3, 0.4) is 0 Å². The van der Waals surface area contributed by atoms with Crippen LogP contribution in [0, 0.1) is 0 Å². The van der Waals surface area contributed by atoms with Crippen LogP contribution in [0.15, 0.2) is 22.6 Å². The average molecular weight is 179 g/mol. The van der Waals surface area contributed by atoms with Crippen molar-refractivity contribution in [2.75, 3.05) is 0 Å². The molecule has 0 fully saturated rings. The molecule has 0 amide bonds. The van der Waals surface area contributed by atoms with Crippen LogP contribution < -0.4 is 4.72 Å². The lowest BCUT2D eigenvalue weighted by Gasteiger charge is -2.05. The molecule has 0 aromatic rings. The highest BCUT2D eigenvalue weighted by molar-refractivity contribution is 8.01. The fourth-order valence-electron chi connectivity index (χ4n) is 0.431. The predicted molar refractivity (Wildman–Crippen MR) is 39.5 cm³/mol. The Kier molecular flexibility index (Phi) is 2.02. The molecule has 2 N–H and O–H groups in total. The number of rotatable bonds is 1. The van der Waals surface area contributed by atoms with Gasteiger partial charge in [-0.1, -0.05) is 6.08 Å². The lowest BCUT2D eigenvalue weighted by Crippen LogP contribution is -2.14. The van der Waals surface area contributed by atoms with Gasteiger partial charge in [-0.2, -0.15) is 8.42 Å². The molecular weight excluding hydrogens is 174 g/mol. The largest absolute Gasteiger partial charge is 0.315 e. The number of nitrogens with one attached hydrogen (secondary N) is 1. The summed E-state index contributed by atoms with van der Waals surface area (Å²) in [6, 6.07) is 0. The Balaban J connectivity index is 2.93. The molecule has 0 aromatic carbocycles. The minimum Gasteiger partial charge on any atom is -0.315 e. The van der Waals surface area contributed by atoms with Crippen LogP contribution >= 0.6 is 11.9 Å². The second-order valence-electron chi connectivity index (χ2n) is 1.55. The highest BCUT2D eigenvalue weighted by Gasteiger charge is 2.13. The molecule has 0 saturated carbocycles. The zero-order chi connectivity index (χ0) is 7.61. The van der Waals surface area contributed by atoms with Gasteiger partial charge < -0.3 is 4.72 Å². The first-order chi connectivity index (χ1) is 4.61. The summed E-state index contributed by atoms with van der Waals surface area (Å²) in [5.74, 6) is 0. The van der Waals surface area contributed by atoms with Crippen molar-refractivity contribution >= 4 is 22.1 Å². The van der Waals surface area contributed by atoms with Gasteiger partial charge in [-0.25, -0.2) is 0 Å². The van der Waals surface area contributed by atoms with E-state index in [4.69, 9.17) is 4.55 Å². The molecule has 0 aliphatic carbocycles. The molecule has 0 radical (unpaired) electrons. The Morgan fingerprint density at radius 2 is 2.30 bits per heavy atom. The zero-order valence-electron chi connectivity index (χ0n) is 4.81. The molecule has 1 aliphatic rings. The molecule has 1 aliphatic heterocycles. The molecule has 10 heavy (non-hydrogen) atoms. The van der Waals surface area contributed by atoms with Crippen molar-refractivity contribution in [2.24, 2.45) is 0 Å². The van der Waals surface area contributed by atoms with E-state index in [-0.39, 0.29) is 5.03 Å². The monoisotopic (exact) mass is 179 g/mol. The van der Waals surface area contributed by atoms with Gasteiger partial charge in [-0.3, -0.25) is 4.55 Å². The van der Waals surface area contributed by atoms with Crippen molar-refractivity contribution < 1.29 is 13.0 Å². The molecule has 0 atom stereocenters. The molecule has 0 spiro atoms. The standard InChI is InChI=1S/C4H5NO3S2/c6-10(7,8)4-2-1-3-9-5-4/h1-3,5H,(H,6,7,8). The second kappa shape index (κ2) is 2.65. The van der Waals surface area contributed by atoms with Gasteiger partial charge in [-0.15, -0.1) is 0 Å². The zero-order valence-corrected chi connectivity index (χ0v) is 6.45. The molecule has 1 rings (SSSR count). The van der Waals surface area contributed by atoms with Gasteiger partial charge >= 0.3 is 10.1 Å². The van der Waals surface area contributed by atoms with Crippen molar-refractivity contribution in [3.05, 3.63) is 22.6 Å². The first-order valence-corrected chi connectivity index (χ1v) is 4.68. The van der Waals surface area contributed by atoms with E-state index in [1.54, 1.807) is 5.41 Å². The maximum atomic E-state index is 10.4. The predicted octanol–water partition coefficient (Wildman–Crippen LogP) is 0.481. The quantitative estimate of drug-likeness (QED) is 0.452. The number of hydrogen-bond acceptors (Lipinski definition) is 4. The highest BCUT2D eigenvalue weighted by Crippen LogP contribution is 2.11. The first-order valence-electron chi connectivity index (χ1n) is 2.37. The summed E-state index contributed by atoms with van der Waals surface area (Å²) in [5.41, 5.74) is 0. The third-order valence-electron chi connectivity index (χ3n) is 0.832. The second-order valence-corrected chi connectivity index (χ2v) is 3.66. The molecule has 0 saturated heterocycles.